The summed E-state index contributed by atoms with van der Waals surface area (Å²) in [6, 6.07) is 79.9. The first-order valence-electron chi connectivity index (χ1n) is 21.1. The fraction of sp³-hybridized carbons (Fsp3) is 0. The number of benzene rings is 12. The monoisotopic (exact) mass is 772 g/mol. The highest BCUT2D eigenvalue weighted by Crippen LogP contribution is 2.48. The molecule has 1 nitrogen and oxygen atoms in total. The molecular weight excluding hydrogens is 737 g/mol. The third-order valence-electron chi connectivity index (χ3n) is 13.1. The van der Waals surface area contributed by atoms with E-state index in [-0.39, 0.29) is 0 Å². The molecule has 0 atom stereocenters. The molecule has 0 aliphatic heterocycles. The molecule has 0 radical (unpaired) electrons. The highest BCUT2D eigenvalue weighted by atomic mass is 16.3. The second-order valence-corrected chi connectivity index (χ2v) is 16.3. The maximum Gasteiger partial charge on any atom is 0.143 e. The average molecular weight is 773 g/mol. The molecule has 0 saturated carbocycles. The normalized spacial score (nSPS) is 11.9. The van der Waals surface area contributed by atoms with Crippen molar-refractivity contribution >= 4 is 86.6 Å². The molecule has 0 amide bonds. The van der Waals surface area contributed by atoms with Crippen LogP contribution in [-0.2, 0) is 0 Å². The van der Waals surface area contributed by atoms with Crippen molar-refractivity contribution in [3.05, 3.63) is 218 Å². The number of rotatable bonds is 4. The van der Waals surface area contributed by atoms with E-state index in [0.717, 1.165) is 22.1 Å². The van der Waals surface area contributed by atoms with E-state index in [2.05, 4.69) is 218 Å². The third kappa shape index (κ3) is 5.08. The van der Waals surface area contributed by atoms with Crippen LogP contribution in [0.4, 0.5) is 0 Å². The van der Waals surface area contributed by atoms with Gasteiger partial charge in [-0.25, -0.2) is 0 Å². The molecule has 0 N–H and O–H groups in total. The molecule has 0 aliphatic carbocycles. The van der Waals surface area contributed by atoms with E-state index in [1.807, 2.05) is 0 Å². The fourth-order valence-corrected chi connectivity index (χ4v) is 10.4. The van der Waals surface area contributed by atoms with Gasteiger partial charge in [-0.05, 0) is 110 Å². The molecule has 0 bridgehead atoms. The van der Waals surface area contributed by atoms with Crippen molar-refractivity contribution in [2.75, 3.05) is 0 Å². The standard InChI is InChI=1S/C60H36O/c1-2-17-43-37(14-1)33-35-56-59(43)54-27-13-26-53(60(54)61-56)58-51-24-11-9-22-49(51)57(50-23-10-12-25-52(50)58)39-30-28-38(29-31-39)41-15-3-4-16-42(41)40-32-34-48-46-20-6-5-18-44(46)45-19-7-8-21-47(45)55(48)36-40/h1-36H. The van der Waals surface area contributed by atoms with Gasteiger partial charge in [0, 0.05) is 21.9 Å². The zero-order valence-electron chi connectivity index (χ0n) is 33.2. The molecule has 0 fully saturated rings. The zero-order chi connectivity index (χ0) is 40.0. The summed E-state index contributed by atoms with van der Waals surface area (Å²) in [5.74, 6) is 0. The molecule has 0 aliphatic rings. The number of furan rings is 1. The van der Waals surface area contributed by atoms with E-state index in [1.165, 1.54) is 109 Å². The van der Waals surface area contributed by atoms with Crippen LogP contribution in [0.2, 0.25) is 0 Å². The molecule has 1 heteroatoms. The zero-order valence-corrected chi connectivity index (χ0v) is 33.2. The van der Waals surface area contributed by atoms with Gasteiger partial charge in [-0.2, -0.15) is 0 Å². The van der Waals surface area contributed by atoms with Crippen LogP contribution in [0.15, 0.2) is 223 Å². The lowest BCUT2D eigenvalue weighted by molar-refractivity contribution is 0.670. The van der Waals surface area contributed by atoms with Crippen molar-refractivity contribution < 1.29 is 4.42 Å². The van der Waals surface area contributed by atoms with Gasteiger partial charge < -0.3 is 4.42 Å². The van der Waals surface area contributed by atoms with Gasteiger partial charge in [0.15, 0.2) is 0 Å². The van der Waals surface area contributed by atoms with Gasteiger partial charge in [0.1, 0.15) is 11.2 Å². The molecule has 12 aromatic carbocycles. The summed E-state index contributed by atoms with van der Waals surface area (Å²) in [5, 5.41) is 17.3. The highest BCUT2D eigenvalue weighted by molar-refractivity contribution is 6.27. The fourth-order valence-electron chi connectivity index (χ4n) is 10.4. The minimum atomic E-state index is 0.913. The topological polar surface area (TPSA) is 13.1 Å². The number of para-hydroxylation sites is 1. The van der Waals surface area contributed by atoms with Gasteiger partial charge in [-0.1, -0.05) is 206 Å². The summed E-state index contributed by atoms with van der Waals surface area (Å²) in [5.41, 5.74) is 11.4. The van der Waals surface area contributed by atoms with E-state index in [0.29, 0.717) is 0 Å². The summed E-state index contributed by atoms with van der Waals surface area (Å²) in [4.78, 5) is 0. The lowest BCUT2D eigenvalue weighted by Crippen LogP contribution is -1.91. The Morgan fingerprint density at radius 1 is 0.246 bits per heavy atom. The summed E-state index contributed by atoms with van der Waals surface area (Å²) < 4.78 is 6.81. The van der Waals surface area contributed by atoms with Crippen LogP contribution in [-0.4, -0.2) is 0 Å². The Labute approximate surface area is 352 Å². The van der Waals surface area contributed by atoms with Gasteiger partial charge in [-0.15, -0.1) is 0 Å². The summed E-state index contributed by atoms with van der Waals surface area (Å²) >= 11 is 0. The van der Waals surface area contributed by atoms with Crippen LogP contribution in [0.25, 0.3) is 131 Å². The molecule has 0 saturated heterocycles. The molecular formula is C60H36O. The second-order valence-electron chi connectivity index (χ2n) is 16.3. The van der Waals surface area contributed by atoms with Crippen LogP contribution in [0.5, 0.6) is 0 Å². The number of hydrogen-bond donors (Lipinski definition) is 0. The Hall–Kier alpha value is -8.00. The first kappa shape index (κ1) is 33.9. The quantitative estimate of drug-likeness (QED) is 0.128. The van der Waals surface area contributed by atoms with Crippen molar-refractivity contribution in [3.63, 3.8) is 0 Å². The molecule has 1 heterocycles. The van der Waals surface area contributed by atoms with Gasteiger partial charge in [-0.3, -0.25) is 0 Å². The Morgan fingerprint density at radius 2 is 0.689 bits per heavy atom. The number of fused-ring (bicyclic) bond motifs is 13. The average Bonchev–Trinajstić information content (AvgIpc) is 3.73. The van der Waals surface area contributed by atoms with E-state index >= 15 is 0 Å². The van der Waals surface area contributed by atoms with E-state index in [1.54, 1.807) is 0 Å². The maximum atomic E-state index is 6.81. The van der Waals surface area contributed by atoms with Crippen LogP contribution in [0.3, 0.4) is 0 Å². The van der Waals surface area contributed by atoms with Gasteiger partial charge in [0.05, 0.1) is 0 Å². The molecule has 0 spiro atoms. The lowest BCUT2D eigenvalue weighted by Gasteiger charge is -2.18. The highest BCUT2D eigenvalue weighted by Gasteiger charge is 2.21. The summed E-state index contributed by atoms with van der Waals surface area (Å²) in [6.07, 6.45) is 0. The van der Waals surface area contributed by atoms with Crippen LogP contribution in [0, 0.1) is 0 Å². The molecule has 282 valence electrons. The smallest absolute Gasteiger partial charge is 0.143 e. The van der Waals surface area contributed by atoms with Gasteiger partial charge >= 0.3 is 0 Å². The SMILES string of the molecule is c1ccc(-c2ccc3c4ccccc4c4ccccc4c3c2)c(-c2ccc(-c3c4ccccc4c(-c4cccc5c4oc4ccc6ccccc6c45)c4ccccc34)cc2)c1. The Balaban J connectivity index is 0.966. The van der Waals surface area contributed by atoms with Crippen LogP contribution in [0.1, 0.15) is 0 Å². The first-order valence-corrected chi connectivity index (χ1v) is 21.1. The van der Waals surface area contributed by atoms with Crippen LogP contribution < -0.4 is 0 Å². The van der Waals surface area contributed by atoms with E-state index in [9.17, 15) is 0 Å². The molecule has 13 aromatic rings. The van der Waals surface area contributed by atoms with Crippen molar-refractivity contribution in [2.24, 2.45) is 0 Å². The van der Waals surface area contributed by atoms with E-state index < -0.39 is 0 Å². The molecule has 1 aromatic heterocycles. The van der Waals surface area contributed by atoms with E-state index in [4.69, 9.17) is 4.42 Å². The Morgan fingerprint density at radius 3 is 1.33 bits per heavy atom. The molecule has 13 rings (SSSR count). The summed E-state index contributed by atoms with van der Waals surface area (Å²) in [7, 11) is 0. The minimum Gasteiger partial charge on any atom is -0.455 e. The third-order valence-corrected chi connectivity index (χ3v) is 13.1. The van der Waals surface area contributed by atoms with Crippen molar-refractivity contribution in [3.8, 4) is 44.5 Å². The largest absolute Gasteiger partial charge is 0.455 e. The number of hydrogen-bond acceptors (Lipinski definition) is 1. The van der Waals surface area contributed by atoms with Crippen molar-refractivity contribution in [1.29, 1.82) is 0 Å². The first-order chi connectivity index (χ1) is 30.3. The van der Waals surface area contributed by atoms with Gasteiger partial charge in [0.25, 0.3) is 0 Å². The Bertz CT molecular complexity index is 3830. The predicted octanol–water partition coefficient (Wildman–Crippen LogP) is 17.2. The van der Waals surface area contributed by atoms with Crippen LogP contribution >= 0.6 is 0 Å². The predicted molar refractivity (Wildman–Crippen MR) is 260 cm³/mol. The molecule has 0 unspecified atom stereocenters. The second kappa shape index (κ2) is 13.3. The van der Waals surface area contributed by atoms with Crippen molar-refractivity contribution in [2.45, 2.75) is 0 Å². The Kier molecular flexibility index (Phi) is 7.37. The van der Waals surface area contributed by atoms with Gasteiger partial charge in [0.2, 0.25) is 0 Å². The maximum absolute atomic E-state index is 6.81. The summed E-state index contributed by atoms with van der Waals surface area (Å²) in [6.45, 7) is 0. The lowest BCUT2D eigenvalue weighted by atomic mass is 9.85. The van der Waals surface area contributed by atoms with Crippen molar-refractivity contribution in [1.82, 2.24) is 0 Å². The minimum absolute atomic E-state index is 0.913. The molecule has 61 heavy (non-hydrogen) atoms.